The van der Waals surface area contributed by atoms with Crippen LogP contribution in [0.1, 0.15) is 21.5 Å². The van der Waals surface area contributed by atoms with Gasteiger partial charge >= 0.3 is 0 Å². The summed E-state index contributed by atoms with van der Waals surface area (Å²) >= 11 is 5.94. The quantitative estimate of drug-likeness (QED) is 0.301. The van der Waals surface area contributed by atoms with E-state index < -0.39 is 11.7 Å². The number of amides is 1. The van der Waals surface area contributed by atoms with Crippen LogP contribution in [0.2, 0.25) is 5.02 Å². The highest BCUT2D eigenvalue weighted by molar-refractivity contribution is 6.30. The molecular formula is C25H18ClFN2O2. The van der Waals surface area contributed by atoms with Crippen molar-refractivity contribution in [3.8, 4) is 5.75 Å². The van der Waals surface area contributed by atoms with Gasteiger partial charge in [-0.05, 0) is 58.8 Å². The molecule has 1 N–H and O–H groups in total. The topological polar surface area (TPSA) is 50.7 Å². The lowest BCUT2D eigenvalue weighted by atomic mass is 10.0. The Morgan fingerprint density at radius 3 is 2.48 bits per heavy atom. The van der Waals surface area contributed by atoms with E-state index in [2.05, 4.69) is 10.5 Å². The standard InChI is InChI=1S/C25H18ClFN2O2/c26-20-10-5-17(6-11-20)16-31-24-14-9-18-3-1-2-4-22(18)23(24)15-28-29-25(30)19-7-12-21(27)13-8-19/h1-15H,16H2,(H,29,30)/b28-15-. The molecule has 4 aromatic rings. The molecule has 0 saturated heterocycles. The Labute approximate surface area is 183 Å². The third-order valence-electron chi connectivity index (χ3n) is 4.70. The molecule has 0 fully saturated rings. The maximum Gasteiger partial charge on any atom is 0.271 e. The normalized spacial score (nSPS) is 11.0. The number of nitrogens with one attached hydrogen (secondary N) is 1. The number of hydrogen-bond donors (Lipinski definition) is 1. The number of rotatable bonds is 6. The van der Waals surface area contributed by atoms with Gasteiger partial charge in [0.25, 0.3) is 5.91 Å². The molecule has 0 aliphatic carbocycles. The number of halogens is 2. The second-order valence-electron chi connectivity index (χ2n) is 6.82. The number of fused-ring (bicyclic) bond motifs is 1. The molecule has 4 rings (SSSR count). The van der Waals surface area contributed by atoms with Crippen LogP contribution in [0.15, 0.2) is 90.0 Å². The summed E-state index contributed by atoms with van der Waals surface area (Å²) in [4.78, 5) is 12.2. The Kier molecular flexibility index (Phi) is 6.24. The van der Waals surface area contributed by atoms with E-state index >= 15 is 0 Å². The third-order valence-corrected chi connectivity index (χ3v) is 4.96. The molecule has 154 valence electrons. The number of hydrogen-bond acceptors (Lipinski definition) is 3. The van der Waals surface area contributed by atoms with Crippen LogP contribution in [0.4, 0.5) is 4.39 Å². The second kappa shape index (κ2) is 9.41. The van der Waals surface area contributed by atoms with E-state index in [1.54, 1.807) is 6.21 Å². The first kappa shape index (κ1) is 20.6. The van der Waals surface area contributed by atoms with Crippen LogP contribution >= 0.6 is 11.6 Å². The maximum absolute atomic E-state index is 13.0. The van der Waals surface area contributed by atoms with Gasteiger partial charge in [-0.1, -0.05) is 54.1 Å². The van der Waals surface area contributed by atoms with Crippen LogP contribution in [0.25, 0.3) is 10.8 Å². The van der Waals surface area contributed by atoms with Gasteiger partial charge in [0.05, 0.1) is 6.21 Å². The number of carbonyl (C=O) groups is 1. The lowest BCUT2D eigenvalue weighted by molar-refractivity contribution is 0.0955. The molecule has 0 atom stereocenters. The molecule has 0 aliphatic heterocycles. The van der Waals surface area contributed by atoms with Crippen molar-refractivity contribution >= 4 is 34.5 Å². The molecule has 0 bridgehead atoms. The number of hydrazone groups is 1. The minimum atomic E-state index is -0.430. The maximum atomic E-state index is 13.0. The number of benzene rings is 4. The molecule has 0 saturated carbocycles. The molecule has 0 spiro atoms. The first-order valence-corrected chi connectivity index (χ1v) is 9.96. The van der Waals surface area contributed by atoms with Gasteiger partial charge in [-0.2, -0.15) is 5.10 Å². The minimum Gasteiger partial charge on any atom is -0.488 e. The molecule has 4 nitrogen and oxygen atoms in total. The largest absolute Gasteiger partial charge is 0.488 e. The van der Waals surface area contributed by atoms with Crippen molar-refractivity contribution in [3.63, 3.8) is 0 Å². The fourth-order valence-electron chi connectivity index (χ4n) is 3.10. The zero-order valence-corrected chi connectivity index (χ0v) is 17.1. The molecule has 31 heavy (non-hydrogen) atoms. The van der Waals surface area contributed by atoms with Gasteiger partial charge in [0.1, 0.15) is 18.2 Å². The molecule has 6 heteroatoms. The van der Waals surface area contributed by atoms with Gasteiger partial charge in [0.2, 0.25) is 0 Å². The van der Waals surface area contributed by atoms with E-state index in [0.717, 1.165) is 21.9 Å². The summed E-state index contributed by atoms with van der Waals surface area (Å²) in [5.74, 6) is -0.202. The molecule has 0 aliphatic rings. The van der Waals surface area contributed by atoms with E-state index in [4.69, 9.17) is 16.3 Å². The summed E-state index contributed by atoms with van der Waals surface area (Å²) in [6.45, 7) is 0.359. The number of nitrogens with zero attached hydrogens (tertiary/aromatic N) is 1. The van der Waals surface area contributed by atoms with E-state index in [1.165, 1.54) is 24.3 Å². The van der Waals surface area contributed by atoms with Crippen LogP contribution in [0.3, 0.4) is 0 Å². The number of ether oxygens (including phenoxy) is 1. The monoisotopic (exact) mass is 432 g/mol. The predicted molar refractivity (Wildman–Crippen MR) is 121 cm³/mol. The predicted octanol–water partition coefficient (Wildman–Crippen LogP) is 5.98. The molecule has 0 radical (unpaired) electrons. The summed E-state index contributed by atoms with van der Waals surface area (Å²) in [6.07, 6.45) is 1.56. The van der Waals surface area contributed by atoms with Gasteiger partial charge in [0.15, 0.2) is 0 Å². The van der Waals surface area contributed by atoms with E-state index in [9.17, 15) is 9.18 Å². The van der Waals surface area contributed by atoms with Gasteiger partial charge < -0.3 is 4.74 Å². The average molecular weight is 433 g/mol. The fourth-order valence-corrected chi connectivity index (χ4v) is 3.22. The van der Waals surface area contributed by atoms with Gasteiger partial charge in [-0.25, -0.2) is 9.82 Å². The average Bonchev–Trinajstić information content (AvgIpc) is 2.79. The van der Waals surface area contributed by atoms with Crippen LogP contribution in [0.5, 0.6) is 5.75 Å². The van der Waals surface area contributed by atoms with Crippen molar-refractivity contribution in [2.45, 2.75) is 6.61 Å². The summed E-state index contributed by atoms with van der Waals surface area (Å²) < 4.78 is 19.1. The highest BCUT2D eigenvalue weighted by Gasteiger charge is 2.09. The Balaban J connectivity index is 1.57. The smallest absolute Gasteiger partial charge is 0.271 e. The van der Waals surface area contributed by atoms with Crippen molar-refractivity contribution < 1.29 is 13.9 Å². The molecule has 0 aromatic heterocycles. The summed E-state index contributed by atoms with van der Waals surface area (Å²) in [5, 5.41) is 6.73. The molecular weight excluding hydrogens is 415 g/mol. The van der Waals surface area contributed by atoms with Gasteiger partial charge in [-0.3, -0.25) is 4.79 Å². The zero-order chi connectivity index (χ0) is 21.6. The van der Waals surface area contributed by atoms with Crippen molar-refractivity contribution in [2.24, 2.45) is 5.10 Å². The summed E-state index contributed by atoms with van der Waals surface area (Å²) in [5.41, 5.74) is 4.51. The lowest BCUT2D eigenvalue weighted by Gasteiger charge is -2.12. The van der Waals surface area contributed by atoms with Gasteiger partial charge in [0, 0.05) is 16.1 Å². The Bertz CT molecular complexity index is 1240. The van der Waals surface area contributed by atoms with E-state index in [0.29, 0.717) is 22.9 Å². The fraction of sp³-hybridized carbons (Fsp3) is 0.0400. The molecule has 0 heterocycles. The minimum absolute atomic E-state index is 0.315. The van der Waals surface area contributed by atoms with Crippen LogP contribution in [-0.4, -0.2) is 12.1 Å². The lowest BCUT2D eigenvalue weighted by Crippen LogP contribution is -2.17. The van der Waals surface area contributed by atoms with Crippen LogP contribution < -0.4 is 10.2 Å². The molecule has 0 unspecified atom stereocenters. The second-order valence-corrected chi connectivity index (χ2v) is 7.26. The first-order valence-electron chi connectivity index (χ1n) is 9.58. The van der Waals surface area contributed by atoms with Crippen LogP contribution in [-0.2, 0) is 6.61 Å². The summed E-state index contributed by atoms with van der Waals surface area (Å²) in [7, 11) is 0. The third kappa shape index (κ3) is 5.08. The van der Waals surface area contributed by atoms with Gasteiger partial charge in [-0.15, -0.1) is 0 Å². The van der Waals surface area contributed by atoms with Crippen LogP contribution in [0, 0.1) is 5.82 Å². The molecule has 4 aromatic carbocycles. The SMILES string of the molecule is O=C(N/N=C\c1c(OCc2ccc(Cl)cc2)ccc2ccccc12)c1ccc(F)cc1. The first-order chi connectivity index (χ1) is 15.1. The molecule has 1 amide bonds. The van der Waals surface area contributed by atoms with Crippen molar-refractivity contribution in [1.29, 1.82) is 0 Å². The van der Waals surface area contributed by atoms with E-state index in [-0.39, 0.29) is 0 Å². The van der Waals surface area contributed by atoms with Crippen molar-refractivity contribution in [1.82, 2.24) is 5.43 Å². The Hall–Kier alpha value is -3.70. The number of carbonyl (C=O) groups excluding carboxylic acids is 1. The highest BCUT2D eigenvalue weighted by atomic mass is 35.5. The van der Waals surface area contributed by atoms with E-state index in [1.807, 2.05) is 60.7 Å². The zero-order valence-electron chi connectivity index (χ0n) is 16.4. The Morgan fingerprint density at radius 1 is 0.968 bits per heavy atom. The van der Waals surface area contributed by atoms with Crippen molar-refractivity contribution in [3.05, 3.63) is 112 Å². The summed E-state index contributed by atoms with van der Waals surface area (Å²) in [6, 6.07) is 24.4. The van der Waals surface area contributed by atoms with Crippen molar-refractivity contribution in [2.75, 3.05) is 0 Å². The Morgan fingerprint density at radius 2 is 1.71 bits per heavy atom. The highest BCUT2D eigenvalue weighted by Crippen LogP contribution is 2.27.